The third-order valence-electron chi connectivity index (χ3n) is 5.23. The van der Waals surface area contributed by atoms with Gasteiger partial charge in [-0.05, 0) is 67.6 Å². The molecule has 5 nitrogen and oxygen atoms in total. The van der Waals surface area contributed by atoms with Crippen LogP contribution in [0.4, 0.5) is 5.69 Å². The summed E-state index contributed by atoms with van der Waals surface area (Å²) in [5.74, 6) is 0.802. The van der Waals surface area contributed by atoms with E-state index in [0.717, 1.165) is 16.5 Å². The summed E-state index contributed by atoms with van der Waals surface area (Å²) < 4.78 is 6.35. The van der Waals surface area contributed by atoms with Crippen LogP contribution in [0.5, 0.6) is 5.75 Å². The van der Waals surface area contributed by atoms with E-state index in [4.69, 9.17) is 4.74 Å². The maximum Gasteiger partial charge on any atom is 0.277 e. The molecule has 1 aliphatic heterocycles. The minimum absolute atomic E-state index is 0.0884. The number of hydrogen-bond acceptors (Lipinski definition) is 4. The van der Waals surface area contributed by atoms with E-state index in [-0.39, 0.29) is 18.1 Å². The molecule has 1 N–H and O–H groups in total. The Kier molecular flexibility index (Phi) is 6.08. The number of rotatable bonds is 5. The van der Waals surface area contributed by atoms with E-state index >= 15 is 0 Å². The topological polar surface area (TPSA) is 53.9 Å². The largest absolute Gasteiger partial charge is 0.484 e. The Balaban J connectivity index is 1.59. The molecule has 0 radical (unpaired) electrons. The molecule has 0 saturated heterocycles. The number of carbonyl (C=O) groups excluding carboxylic acids is 1. The smallest absolute Gasteiger partial charge is 0.277 e. The number of benzene rings is 2. The maximum atomic E-state index is 11.9. The van der Waals surface area contributed by atoms with E-state index in [1.165, 1.54) is 11.3 Å². The van der Waals surface area contributed by atoms with Crippen molar-refractivity contribution in [2.24, 2.45) is 5.10 Å². The van der Waals surface area contributed by atoms with Gasteiger partial charge in [0.15, 0.2) is 6.61 Å². The van der Waals surface area contributed by atoms with Crippen LogP contribution in [0.2, 0.25) is 0 Å². The molecule has 3 rings (SSSR count). The molecule has 1 heterocycles. The first-order chi connectivity index (χ1) is 13.3. The van der Waals surface area contributed by atoms with Gasteiger partial charge in [0.05, 0.1) is 6.21 Å². The molecule has 1 aliphatic rings. The molecule has 28 heavy (non-hydrogen) atoms. The third kappa shape index (κ3) is 4.73. The van der Waals surface area contributed by atoms with Crippen LogP contribution in [0.3, 0.4) is 0 Å². The van der Waals surface area contributed by atoms with Gasteiger partial charge in [-0.3, -0.25) is 4.79 Å². The van der Waals surface area contributed by atoms with E-state index in [1.807, 2.05) is 24.3 Å². The number of nitrogens with one attached hydrogen (secondary N) is 1. The van der Waals surface area contributed by atoms with Crippen LogP contribution in [0.15, 0.2) is 52.0 Å². The standard InChI is InChI=1S/C22H26BrN3O2/c1-15-12-22(2,3)26(4)20-9-8-16(10-19(15)20)13-24-25-21(27)14-28-18-7-5-6-17(23)11-18/h5-11,13,15H,12,14H2,1-4H3,(H,25,27)/b24-13+/t15-/m0/s1. The van der Waals surface area contributed by atoms with Gasteiger partial charge < -0.3 is 9.64 Å². The van der Waals surface area contributed by atoms with Gasteiger partial charge >= 0.3 is 0 Å². The Bertz CT molecular complexity index is 895. The molecule has 2 aromatic rings. The summed E-state index contributed by atoms with van der Waals surface area (Å²) in [6.45, 7) is 6.71. The van der Waals surface area contributed by atoms with Crippen molar-refractivity contribution >= 4 is 33.7 Å². The highest BCUT2D eigenvalue weighted by molar-refractivity contribution is 9.10. The van der Waals surface area contributed by atoms with Gasteiger partial charge in [-0.25, -0.2) is 5.43 Å². The van der Waals surface area contributed by atoms with Crippen molar-refractivity contribution in [2.45, 2.75) is 38.6 Å². The zero-order valence-corrected chi connectivity index (χ0v) is 18.3. The molecule has 0 saturated carbocycles. The Labute approximate surface area is 174 Å². The summed E-state index contributed by atoms with van der Waals surface area (Å²) in [7, 11) is 2.14. The van der Waals surface area contributed by atoms with Gasteiger partial charge in [-0.15, -0.1) is 0 Å². The van der Waals surface area contributed by atoms with Crippen molar-refractivity contribution in [2.75, 3.05) is 18.6 Å². The van der Waals surface area contributed by atoms with Crippen molar-refractivity contribution in [1.29, 1.82) is 0 Å². The summed E-state index contributed by atoms with van der Waals surface area (Å²) in [4.78, 5) is 14.3. The highest BCUT2D eigenvalue weighted by atomic mass is 79.9. The average molecular weight is 444 g/mol. The van der Waals surface area contributed by atoms with Crippen LogP contribution >= 0.6 is 15.9 Å². The second-order valence-electron chi connectivity index (χ2n) is 7.83. The first-order valence-electron chi connectivity index (χ1n) is 9.34. The predicted molar refractivity (Wildman–Crippen MR) is 117 cm³/mol. The Morgan fingerprint density at radius 2 is 2.14 bits per heavy atom. The van der Waals surface area contributed by atoms with E-state index in [0.29, 0.717) is 11.7 Å². The zero-order chi connectivity index (χ0) is 20.3. The van der Waals surface area contributed by atoms with Crippen molar-refractivity contribution in [3.63, 3.8) is 0 Å². The van der Waals surface area contributed by atoms with Crippen LogP contribution in [-0.2, 0) is 4.79 Å². The lowest BCUT2D eigenvalue weighted by Crippen LogP contribution is -2.45. The Morgan fingerprint density at radius 3 is 2.89 bits per heavy atom. The van der Waals surface area contributed by atoms with Crippen molar-refractivity contribution in [3.05, 3.63) is 58.1 Å². The van der Waals surface area contributed by atoms with Gasteiger partial charge in [0.2, 0.25) is 0 Å². The quantitative estimate of drug-likeness (QED) is 0.537. The van der Waals surface area contributed by atoms with Gasteiger partial charge in [-0.1, -0.05) is 35.0 Å². The predicted octanol–water partition coefficient (Wildman–Crippen LogP) is 4.70. The molecular weight excluding hydrogens is 418 g/mol. The maximum absolute atomic E-state index is 11.9. The lowest BCUT2D eigenvalue weighted by Gasteiger charge is -2.45. The number of amides is 1. The molecule has 0 aliphatic carbocycles. The van der Waals surface area contributed by atoms with Gasteiger partial charge in [-0.2, -0.15) is 5.10 Å². The third-order valence-corrected chi connectivity index (χ3v) is 5.72. The average Bonchev–Trinajstić information content (AvgIpc) is 2.64. The second kappa shape index (κ2) is 8.35. The monoisotopic (exact) mass is 443 g/mol. The number of ether oxygens (including phenoxy) is 1. The fraction of sp³-hybridized carbons (Fsp3) is 0.364. The number of halogens is 1. The van der Waals surface area contributed by atoms with Gasteiger partial charge in [0.1, 0.15) is 5.75 Å². The second-order valence-corrected chi connectivity index (χ2v) is 8.75. The molecule has 0 bridgehead atoms. The lowest BCUT2D eigenvalue weighted by molar-refractivity contribution is -0.123. The van der Waals surface area contributed by atoms with Crippen molar-refractivity contribution in [3.8, 4) is 5.75 Å². The van der Waals surface area contributed by atoms with Crippen LogP contribution in [-0.4, -0.2) is 31.3 Å². The molecule has 148 valence electrons. The number of nitrogens with zero attached hydrogens (tertiary/aromatic N) is 2. The Hall–Kier alpha value is -2.34. The van der Waals surface area contributed by atoms with Crippen molar-refractivity contribution in [1.82, 2.24) is 5.43 Å². The number of carbonyl (C=O) groups is 1. The highest BCUT2D eigenvalue weighted by Gasteiger charge is 2.33. The molecular formula is C22H26BrN3O2. The molecule has 0 spiro atoms. The fourth-order valence-electron chi connectivity index (χ4n) is 3.59. The normalized spacial score (nSPS) is 18.0. The Morgan fingerprint density at radius 1 is 1.36 bits per heavy atom. The highest BCUT2D eigenvalue weighted by Crippen LogP contribution is 2.42. The van der Waals surface area contributed by atoms with Crippen LogP contribution in [0, 0.1) is 0 Å². The number of anilines is 1. The number of hydrogen-bond donors (Lipinski definition) is 1. The summed E-state index contributed by atoms with van der Waals surface area (Å²) in [5, 5.41) is 4.07. The van der Waals surface area contributed by atoms with Crippen molar-refractivity contribution < 1.29 is 9.53 Å². The van der Waals surface area contributed by atoms with E-state index < -0.39 is 0 Å². The molecule has 2 aromatic carbocycles. The summed E-state index contributed by atoms with van der Waals surface area (Å²) in [6.07, 6.45) is 2.77. The molecule has 1 atom stereocenters. The molecule has 0 fully saturated rings. The van der Waals surface area contributed by atoms with Crippen LogP contribution in [0.25, 0.3) is 0 Å². The fourth-order valence-corrected chi connectivity index (χ4v) is 3.97. The molecule has 6 heteroatoms. The van der Waals surface area contributed by atoms with Gasteiger partial charge in [0, 0.05) is 22.7 Å². The first kappa shape index (κ1) is 20.4. The van der Waals surface area contributed by atoms with E-state index in [1.54, 1.807) is 12.3 Å². The summed E-state index contributed by atoms with van der Waals surface area (Å²) in [5.41, 5.74) is 6.19. The minimum Gasteiger partial charge on any atom is -0.484 e. The zero-order valence-electron chi connectivity index (χ0n) is 16.7. The molecule has 0 unspecified atom stereocenters. The van der Waals surface area contributed by atoms with E-state index in [9.17, 15) is 4.79 Å². The van der Waals surface area contributed by atoms with Crippen LogP contribution < -0.4 is 15.1 Å². The summed E-state index contributed by atoms with van der Waals surface area (Å²) in [6, 6.07) is 13.7. The minimum atomic E-state index is -0.302. The molecule has 0 aromatic heterocycles. The lowest BCUT2D eigenvalue weighted by atomic mass is 9.80. The van der Waals surface area contributed by atoms with Gasteiger partial charge in [0.25, 0.3) is 5.91 Å². The first-order valence-corrected chi connectivity index (χ1v) is 10.1. The number of hydrazone groups is 1. The summed E-state index contributed by atoms with van der Waals surface area (Å²) >= 11 is 3.37. The van der Waals surface area contributed by atoms with E-state index in [2.05, 4.69) is 71.3 Å². The molecule has 1 amide bonds. The SMILES string of the molecule is C[C@H]1CC(C)(C)N(C)c2ccc(/C=N/NC(=O)COc3cccc(Br)c3)cc21. The number of fused-ring (bicyclic) bond motifs is 1. The van der Waals surface area contributed by atoms with Crippen LogP contribution in [0.1, 0.15) is 44.2 Å².